The number of carbonyl (C=O) groups is 2. The number of benzene rings is 3. The fourth-order valence-corrected chi connectivity index (χ4v) is 5.60. The molecule has 0 saturated carbocycles. The summed E-state index contributed by atoms with van der Waals surface area (Å²) in [5.41, 5.74) is 0.750. The summed E-state index contributed by atoms with van der Waals surface area (Å²) in [5.74, 6) is -0.344. The third-order valence-corrected chi connectivity index (χ3v) is 8.23. The standard InChI is InChI=1S/C30H36ClN3O5S/c1-22(29(36)32-30(2,3)4)33(20-19-23-9-7-6-8-10-23)28(35)21-34(25-13-11-24(31)12-14-25)40(37,38)27-17-15-26(39-5)16-18-27/h6-18,22H,19-21H2,1-5H3,(H,32,36). The van der Waals surface area contributed by atoms with Crippen molar-refractivity contribution < 1.29 is 22.7 Å². The van der Waals surface area contributed by atoms with E-state index in [1.165, 1.54) is 24.1 Å². The Morgan fingerprint density at radius 3 is 2.10 bits per heavy atom. The number of anilines is 1. The van der Waals surface area contributed by atoms with Crippen molar-refractivity contribution in [3.63, 3.8) is 0 Å². The number of ether oxygens (including phenoxy) is 1. The Morgan fingerprint density at radius 1 is 0.950 bits per heavy atom. The Morgan fingerprint density at radius 2 is 1.55 bits per heavy atom. The smallest absolute Gasteiger partial charge is 0.264 e. The summed E-state index contributed by atoms with van der Waals surface area (Å²) in [5, 5.41) is 3.34. The topological polar surface area (TPSA) is 96.0 Å². The average molecular weight is 586 g/mol. The monoisotopic (exact) mass is 585 g/mol. The van der Waals surface area contributed by atoms with E-state index in [1.807, 2.05) is 51.1 Å². The SMILES string of the molecule is COc1ccc(S(=O)(=O)N(CC(=O)N(CCc2ccccc2)C(C)C(=O)NC(C)(C)C)c2ccc(Cl)cc2)cc1. The number of carbonyl (C=O) groups excluding carboxylic acids is 2. The lowest BCUT2D eigenvalue weighted by Gasteiger charge is -2.33. The van der Waals surface area contributed by atoms with E-state index < -0.39 is 34.1 Å². The molecular weight excluding hydrogens is 550 g/mol. The fraction of sp³-hybridized carbons (Fsp3) is 0.333. The van der Waals surface area contributed by atoms with Crippen LogP contribution in [0.2, 0.25) is 5.02 Å². The Labute approximate surface area is 241 Å². The molecule has 0 spiro atoms. The molecule has 214 valence electrons. The first-order valence-electron chi connectivity index (χ1n) is 12.9. The molecule has 0 aliphatic carbocycles. The minimum atomic E-state index is -4.18. The Balaban J connectivity index is 1.98. The van der Waals surface area contributed by atoms with Crippen molar-refractivity contribution in [1.82, 2.24) is 10.2 Å². The number of halogens is 1. The molecule has 3 aromatic carbocycles. The van der Waals surface area contributed by atoms with Crippen LogP contribution in [0.25, 0.3) is 0 Å². The van der Waals surface area contributed by atoms with Gasteiger partial charge in [0.2, 0.25) is 11.8 Å². The van der Waals surface area contributed by atoms with Crippen LogP contribution in [0.3, 0.4) is 0 Å². The van der Waals surface area contributed by atoms with Gasteiger partial charge in [0.1, 0.15) is 18.3 Å². The molecule has 0 radical (unpaired) electrons. The summed E-state index contributed by atoms with van der Waals surface area (Å²) in [6.07, 6.45) is 0.492. The molecule has 3 rings (SSSR count). The lowest BCUT2D eigenvalue weighted by molar-refractivity contribution is -0.139. The van der Waals surface area contributed by atoms with E-state index in [2.05, 4.69) is 5.32 Å². The molecule has 10 heteroatoms. The van der Waals surface area contributed by atoms with Gasteiger partial charge < -0.3 is 15.0 Å². The molecule has 0 heterocycles. The highest BCUT2D eigenvalue weighted by atomic mass is 35.5. The van der Waals surface area contributed by atoms with E-state index in [1.54, 1.807) is 43.3 Å². The fourth-order valence-electron chi connectivity index (χ4n) is 4.06. The van der Waals surface area contributed by atoms with Crippen molar-refractivity contribution in [1.29, 1.82) is 0 Å². The Bertz CT molecular complexity index is 1390. The maximum Gasteiger partial charge on any atom is 0.264 e. The number of hydrogen-bond acceptors (Lipinski definition) is 5. The zero-order chi connectivity index (χ0) is 29.5. The van der Waals surface area contributed by atoms with Crippen LogP contribution < -0.4 is 14.4 Å². The van der Waals surface area contributed by atoms with Gasteiger partial charge in [-0.3, -0.25) is 13.9 Å². The van der Waals surface area contributed by atoms with Gasteiger partial charge in [-0.1, -0.05) is 41.9 Å². The van der Waals surface area contributed by atoms with Crippen molar-refractivity contribution in [2.45, 2.75) is 50.6 Å². The van der Waals surface area contributed by atoms with Gasteiger partial charge in [-0.25, -0.2) is 8.42 Å². The molecule has 0 aliphatic heterocycles. The molecule has 0 aliphatic rings. The second-order valence-corrected chi connectivity index (χ2v) is 12.7. The van der Waals surface area contributed by atoms with Gasteiger partial charge in [0.25, 0.3) is 10.0 Å². The molecule has 1 unspecified atom stereocenters. The molecule has 0 fully saturated rings. The number of nitrogens with one attached hydrogen (secondary N) is 1. The zero-order valence-electron chi connectivity index (χ0n) is 23.4. The molecule has 1 atom stereocenters. The van der Waals surface area contributed by atoms with Crippen molar-refractivity contribution in [2.75, 3.05) is 24.5 Å². The van der Waals surface area contributed by atoms with Gasteiger partial charge in [0.15, 0.2) is 0 Å². The predicted molar refractivity (Wildman–Crippen MR) is 158 cm³/mol. The second kappa shape index (κ2) is 13.2. The third-order valence-electron chi connectivity index (χ3n) is 6.19. The minimum Gasteiger partial charge on any atom is -0.497 e. The maximum absolute atomic E-state index is 13.9. The van der Waals surface area contributed by atoms with Crippen molar-refractivity contribution in [3.8, 4) is 5.75 Å². The minimum absolute atomic E-state index is 0.00888. The Kier molecular flexibility index (Phi) is 10.2. The first-order chi connectivity index (χ1) is 18.8. The summed E-state index contributed by atoms with van der Waals surface area (Å²) in [6.45, 7) is 6.93. The van der Waals surface area contributed by atoms with Crippen LogP contribution in [-0.4, -0.2) is 56.9 Å². The van der Waals surface area contributed by atoms with Crippen LogP contribution in [0.15, 0.2) is 83.8 Å². The second-order valence-electron chi connectivity index (χ2n) is 10.4. The zero-order valence-corrected chi connectivity index (χ0v) is 25.0. The molecule has 3 aromatic rings. The van der Waals surface area contributed by atoms with Gasteiger partial charge in [-0.15, -0.1) is 0 Å². The van der Waals surface area contributed by atoms with Crippen LogP contribution in [0, 0.1) is 0 Å². The molecule has 0 aromatic heterocycles. The van der Waals surface area contributed by atoms with E-state index in [-0.39, 0.29) is 23.0 Å². The van der Waals surface area contributed by atoms with E-state index in [0.717, 1.165) is 9.87 Å². The van der Waals surface area contributed by atoms with Gasteiger partial charge in [0, 0.05) is 17.1 Å². The van der Waals surface area contributed by atoms with Gasteiger partial charge in [-0.05, 0) is 88.2 Å². The molecule has 2 amide bonds. The van der Waals surface area contributed by atoms with Gasteiger partial charge in [-0.2, -0.15) is 0 Å². The van der Waals surface area contributed by atoms with Crippen molar-refractivity contribution in [2.24, 2.45) is 0 Å². The van der Waals surface area contributed by atoms with Crippen LogP contribution in [0.1, 0.15) is 33.3 Å². The van der Waals surface area contributed by atoms with Gasteiger partial charge >= 0.3 is 0 Å². The van der Waals surface area contributed by atoms with Crippen molar-refractivity contribution >= 4 is 39.1 Å². The number of nitrogens with zero attached hydrogens (tertiary/aromatic N) is 2. The summed E-state index contributed by atoms with van der Waals surface area (Å²) in [6, 6.07) is 20.9. The first-order valence-corrected chi connectivity index (χ1v) is 14.7. The molecule has 0 bridgehead atoms. The predicted octanol–water partition coefficient (Wildman–Crippen LogP) is 4.92. The molecule has 0 saturated heterocycles. The third kappa shape index (κ3) is 8.22. The van der Waals surface area contributed by atoms with Crippen LogP contribution in [0.4, 0.5) is 5.69 Å². The number of hydrogen-bond donors (Lipinski definition) is 1. The summed E-state index contributed by atoms with van der Waals surface area (Å²) in [7, 11) is -2.69. The average Bonchev–Trinajstić information content (AvgIpc) is 2.92. The van der Waals surface area contributed by atoms with Crippen LogP contribution >= 0.6 is 11.6 Å². The lowest BCUT2D eigenvalue weighted by atomic mass is 10.1. The molecule has 1 N–H and O–H groups in total. The van der Waals surface area contributed by atoms with E-state index >= 15 is 0 Å². The van der Waals surface area contributed by atoms with E-state index in [9.17, 15) is 18.0 Å². The number of sulfonamides is 1. The van der Waals surface area contributed by atoms with Crippen molar-refractivity contribution in [3.05, 3.63) is 89.4 Å². The summed E-state index contributed by atoms with van der Waals surface area (Å²) < 4.78 is 33.9. The number of amides is 2. The highest BCUT2D eigenvalue weighted by Crippen LogP contribution is 2.27. The largest absolute Gasteiger partial charge is 0.497 e. The van der Waals surface area contributed by atoms with E-state index in [4.69, 9.17) is 16.3 Å². The Hall–Kier alpha value is -3.56. The quantitative estimate of drug-likeness (QED) is 0.345. The summed E-state index contributed by atoms with van der Waals surface area (Å²) in [4.78, 5) is 28.4. The molecule has 40 heavy (non-hydrogen) atoms. The number of methoxy groups -OCH3 is 1. The molecule has 8 nitrogen and oxygen atoms in total. The maximum atomic E-state index is 13.9. The van der Waals surface area contributed by atoms with Crippen LogP contribution in [0.5, 0.6) is 5.75 Å². The van der Waals surface area contributed by atoms with Gasteiger partial charge in [0.05, 0.1) is 17.7 Å². The summed E-state index contributed by atoms with van der Waals surface area (Å²) >= 11 is 6.06. The lowest BCUT2D eigenvalue weighted by Crippen LogP contribution is -2.55. The normalized spacial score (nSPS) is 12.3. The number of rotatable bonds is 11. The highest BCUT2D eigenvalue weighted by molar-refractivity contribution is 7.92. The highest BCUT2D eigenvalue weighted by Gasteiger charge is 2.33. The van der Waals surface area contributed by atoms with Crippen LogP contribution in [-0.2, 0) is 26.0 Å². The molecular formula is C30H36ClN3O5S. The van der Waals surface area contributed by atoms with E-state index in [0.29, 0.717) is 17.2 Å². The first kappa shape index (κ1) is 31.0.